The Balaban J connectivity index is 2.59. The lowest BCUT2D eigenvalue weighted by atomic mass is 10.1. The van der Waals surface area contributed by atoms with Crippen molar-refractivity contribution >= 4 is 28.6 Å². The molecular weight excluding hydrogens is 226 g/mol. The number of nitrogens with two attached hydrogens (primary N) is 1. The Morgan fingerprint density at radius 1 is 1.20 bits per heavy atom. The first kappa shape index (κ1) is 10.5. The van der Waals surface area contributed by atoms with Gasteiger partial charge in [0.25, 0.3) is 0 Å². The highest BCUT2D eigenvalue weighted by atomic mass is 35.5. The summed E-state index contributed by atoms with van der Waals surface area (Å²) in [4.78, 5) is 2.54. The highest BCUT2D eigenvalue weighted by Gasteiger charge is 2.08. The molecule has 0 fully saturated rings. The van der Waals surface area contributed by atoms with E-state index in [2.05, 4.69) is 19.9 Å². The second-order valence-corrected chi connectivity index (χ2v) is 5.29. The monoisotopic (exact) mass is 237 g/mol. The lowest BCUT2D eigenvalue weighted by Gasteiger charge is -2.04. The lowest BCUT2D eigenvalue weighted by molar-refractivity contribution is 1.50. The summed E-state index contributed by atoms with van der Waals surface area (Å²) in [6.07, 6.45) is 0. The van der Waals surface area contributed by atoms with E-state index in [0.29, 0.717) is 5.02 Å². The molecule has 3 heteroatoms. The van der Waals surface area contributed by atoms with Gasteiger partial charge in [0.2, 0.25) is 0 Å². The van der Waals surface area contributed by atoms with Gasteiger partial charge in [-0.25, -0.2) is 0 Å². The predicted octanol–water partition coefficient (Wildman–Crippen LogP) is 4.27. The summed E-state index contributed by atoms with van der Waals surface area (Å²) in [6.45, 7) is 4.21. The summed E-state index contributed by atoms with van der Waals surface area (Å²) >= 11 is 7.64. The Morgan fingerprint density at radius 3 is 2.47 bits per heavy atom. The fraction of sp³-hybridized carbons (Fsp3) is 0.167. The summed E-state index contributed by atoms with van der Waals surface area (Å²) < 4.78 is 0. The van der Waals surface area contributed by atoms with E-state index in [9.17, 15) is 0 Å². The number of benzene rings is 1. The zero-order valence-electron chi connectivity index (χ0n) is 8.67. The van der Waals surface area contributed by atoms with Gasteiger partial charge in [0.15, 0.2) is 0 Å². The van der Waals surface area contributed by atoms with E-state index < -0.39 is 0 Å². The lowest BCUT2D eigenvalue weighted by Crippen LogP contribution is -1.88. The van der Waals surface area contributed by atoms with Crippen LogP contribution in [0.5, 0.6) is 0 Å². The molecule has 0 radical (unpaired) electrons. The molecule has 2 N–H and O–H groups in total. The molecule has 0 atom stereocenters. The number of aryl methyl sites for hydroxylation is 2. The number of rotatable bonds is 1. The second kappa shape index (κ2) is 3.87. The summed E-state index contributed by atoms with van der Waals surface area (Å²) in [6, 6.07) is 7.83. The summed E-state index contributed by atoms with van der Waals surface area (Å²) in [7, 11) is 0. The van der Waals surface area contributed by atoms with Crippen LogP contribution < -0.4 is 5.73 Å². The van der Waals surface area contributed by atoms with Crippen LogP contribution >= 0.6 is 22.9 Å². The molecule has 0 aliphatic carbocycles. The fourth-order valence-corrected chi connectivity index (χ4v) is 2.90. The van der Waals surface area contributed by atoms with Gasteiger partial charge in [-0.2, -0.15) is 0 Å². The van der Waals surface area contributed by atoms with Crippen LogP contribution in [-0.4, -0.2) is 0 Å². The Bertz CT molecular complexity index is 502. The summed E-state index contributed by atoms with van der Waals surface area (Å²) in [5.74, 6) is 0. The van der Waals surface area contributed by atoms with E-state index in [1.54, 1.807) is 17.4 Å². The van der Waals surface area contributed by atoms with Crippen LogP contribution in [0.15, 0.2) is 24.3 Å². The van der Waals surface area contributed by atoms with Crippen LogP contribution in [-0.2, 0) is 0 Å². The standard InChI is InChI=1S/C12H12ClNS/c1-7-5-8(2)15-12(7)10-4-3-9(13)6-11(10)14/h3-6H,14H2,1-2H3. The number of hydrogen-bond donors (Lipinski definition) is 1. The quantitative estimate of drug-likeness (QED) is 0.737. The Kier molecular flexibility index (Phi) is 2.72. The minimum Gasteiger partial charge on any atom is -0.398 e. The molecule has 1 nitrogen and oxygen atoms in total. The van der Waals surface area contributed by atoms with Gasteiger partial charge in [-0.3, -0.25) is 0 Å². The molecular formula is C12H12ClNS. The molecule has 0 aliphatic rings. The molecule has 15 heavy (non-hydrogen) atoms. The molecule has 2 rings (SSSR count). The molecule has 1 aromatic carbocycles. The van der Waals surface area contributed by atoms with Crippen molar-refractivity contribution in [1.29, 1.82) is 0 Å². The smallest absolute Gasteiger partial charge is 0.0426 e. The van der Waals surface area contributed by atoms with E-state index in [4.69, 9.17) is 17.3 Å². The molecule has 0 saturated heterocycles. The van der Waals surface area contributed by atoms with E-state index in [1.165, 1.54) is 15.3 Å². The minimum atomic E-state index is 0.683. The molecule has 0 amide bonds. The molecule has 1 heterocycles. The van der Waals surface area contributed by atoms with Crippen LogP contribution in [0, 0.1) is 13.8 Å². The van der Waals surface area contributed by atoms with Crippen molar-refractivity contribution in [2.45, 2.75) is 13.8 Å². The number of anilines is 1. The molecule has 0 bridgehead atoms. The van der Waals surface area contributed by atoms with Gasteiger partial charge in [-0.15, -0.1) is 11.3 Å². The van der Waals surface area contributed by atoms with E-state index >= 15 is 0 Å². The fourth-order valence-electron chi connectivity index (χ4n) is 1.65. The second-order valence-electron chi connectivity index (χ2n) is 3.60. The van der Waals surface area contributed by atoms with Crippen LogP contribution in [0.25, 0.3) is 10.4 Å². The summed E-state index contributed by atoms with van der Waals surface area (Å²) in [5, 5.41) is 0.683. The third kappa shape index (κ3) is 2.01. The molecule has 0 spiro atoms. The average Bonchev–Trinajstić information content (AvgIpc) is 2.45. The zero-order chi connectivity index (χ0) is 11.0. The van der Waals surface area contributed by atoms with Crippen LogP contribution in [0.4, 0.5) is 5.69 Å². The van der Waals surface area contributed by atoms with Crippen LogP contribution in [0.2, 0.25) is 5.02 Å². The van der Waals surface area contributed by atoms with Crippen molar-refractivity contribution in [1.82, 2.24) is 0 Å². The zero-order valence-corrected chi connectivity index (χ0v) is 10.2. The van der Waals surface area contributed by atoms with Crippen molar-refractivity contribution in [3.63, 3.8) is 0 Å². The third-order valence-corrected chi connectivity index (χ3v) is 3.72. The maximum atomic E-state index is 5.95. The van der Waals surface area contributed by atoms with Gasteiger partial charge >= 0.3 is 0 Å². The molecule has 78 valence electrons. The van der Waals surface area contributed by atoms with Crippen molar-refractivity contribution < 1.29 is 0 Å². The molecule has 0 saturated carbocycles. The largest absolute Gasteiger partial charge is 0.398 e. The molecule has 0 aliphatic heterocycles. The Labute approximate surface area is 98.5 Å². The highest BCUT2D eigenvalue weighted by Crippen LogP contribution is 2.36. The average molecular weight is 238 g/mol. The summed E-state index contributed by atoms with van der Waals surface area (Å²) in [5.41, 5.74) is 9.05. The number of hydrogen-bond acceptors (Lipinski definition) is 2. The minimum absolute atomic E-state index is 0.683. The van der Waals surface area contributed by atoms with Crippen LogP contribution in [0.1, 0.15) is 10.4 Å². The maximum absolute atomic E-state index is 5.95. The number of thiophene rings is 1. The first-order chi connectivity index (χ1) is 7.08. The Hall–Kier alpha value is -0.990. The Morgan fingerprint density at radius 2 is 1.93 bits per heavy atom. The first-order valence-corrected chi connectivity index (χ1v) is 5.90. The van der Waals surface area contributed by atoms with E-state index in [-0.39, 0.29) is 0 Å². The highest BCUT2D eigenvalue weighted by molar-refractivity contribution is 7.15. The van der Waals surface area contributed by atoms with E-state index in [1.807, 2.05) is 12.1 Å². The van der Waals surface area contributed by atoms with Gasteiger partial charge in [-0.1, -0.05) is 11.6 Å². The van der Waals surface area contributed by atoms with Crippen molar-refractivity contribution in [2.75, 3.05) is 5.73 Å². The predicted molar refractivity (Wildman–Crippen MR) is 68.7 cm³/mol. The van der Waals surface area contributed by atoms with Gasteiger partial charge in [-0.05, 0) is 43.7 Å². The number of nitrogen functional groups attached to an aromatic ring is 1. The van der Waals surface area contributed by atoms with Gasteiger partial charge in [0.05, 0.1) is 0 Å². The number of halogens is 1. The topological polar surface area (TPSA) is 26.0 Å². The SMILES string of the molecule is Cc1cc(C)c(-c2ccc(Cl)cc2N)s1. The van der Waals surface area contributed by atoms with E-state index in [0.717, 1.165) is 11.3 Å². The van der Waals surface area contributed by atoms with Gasteiger partial charge < -0.3 is 5.73 Å². The molecule has 2 aromatic rings. The van der Waals surface area contributed by atoms with Gasteiger partial charge in [0, 0.05) is 26.0 Å². The van der Waals surface area contributed by atoms with Crippen LogP contribution in [0.3, 0.4) is 0 Å². The molecule has 0 unspecified atom stereocenters. The maximum Gasteiger partial charge on any atom is 0.0426 e. The first-order valence-electron chi connectivity index (χ1n) is 4.70. The van der Waals surface area contributed by atoms with Crippen molar-refractivity contribution in [3.05, 3.63) is 39.7 Å². The third-order valence-electron chi connectivity index (χ3n) is 2.30. The van der Waals surface area contributed by atoms with Crippen molar-refractivity contribution in [3.8, 4) is 10.4 Å². The van der Waals surface area contributed by atoms with Crippen molar-refractivity contribution in [2.24, 2.45) is 0 Å². The van der Waals surface area contributed by atoms with Gasteiger partial charge in [0.1, 0.15) is 0 Å². The normalized spacial score (nSPS) is 10.6. The molecule has 1 aromatic heterocycles.